The monoisotopic (exact) mass is 375 g/mol. The Labute approximate surface area is 166 Å². The molecule has 0 aliphatic carbocycles. The number of carboxylic acid groups (broad SMARTS) is 1. The molecule has 4 heteroatoms. The van der Waals surface area contributed by atoms with Crippen LogP contribution in [-0.4, -0.2) is 23.0 Å². The van der Waals surface area contributed by atoms with E-state index in [-0.39, 0.29) is 0 Å². The summed E-state index contributed by atoms with van der Waals surface area (Å²) < 4.78 is 5.90. The Morgan fingerprint density at radius 3 is 2.29 bits per heavy atom. The number of rotatable bonds is 8. The van der Waals surface area contributed by atoms with Crippen LogP contribution in [0.15, 0.2) is 72.8 Å². The molecule has 0 saturated heterocycles. The molecule has 0 aromatic heterocycles. The first-order valence-corrected chi connectivity index (χ1v) is 9.28. The molecule has 1 N–H and O–H groups in total. The molecule has 0 aliphatic rings. The second-order valence-electron chi connectivity index (χ2n) is 7.04. The van der Waals surface area contributed by atoms with E-state index < -0.39 is 5.97 Å². The summed E-state index contributed by atoms with van der Waals surface area (Å²) in [5, 5.41) is 8.99. The summed E-state index contributed by atoms with van der Waals surface area (Å²) >= 11 is 0. The molecule has 0 amide bonds. The van der Waals surface area contributed by atoms with Gasteiger partial charge in [-0.15, -0.1) is 0 Å². The fraction of sp³-hybridized carbons (Fsp3) is 0.208. The van der Waals surface area contributed by atoms with Crippen molar-refractivity contribution in [3.63, 3.8) is 0 Å². The number of carbonyl (C=O) groups is 1. The minimum atomic E-state index is -0.898. The summed E-state index contributed by atoms with van der Waals surface area (Å²) in [6, 6.07) is 23.4. The molecular formula is C24H25NO3. The topological polar surface area (TPSA) is 49.8 Å². The standard InChI is InChI=1S/C24H25NO3/c1-18-14-23(28-17-20-6-4-3-5-7-20)13-12-22(18)16-25(2)15-19-8-10-21(11-9-19)24(26)27/h3-14H,15-17H2,1-2H3,(H,26,27). The lowest BCUT2D eigenvalue weighted by Crippen LogP contribution is -2.18. The second-order valence-corrected chi connectivity index (χ2v) is 7.04. The Bertz CT molecular complexity index is 920. The van der Waals surface area contributed by atoms with Crippen LogP contribution in [0.5, 0.6) is 5.75 Å². The molecule has 0 spiro atoms. The molecule has 144 valence electrons. The van der Waals surface area contributed by atoms with Crippen LogP contribution in [-0.2, 0) is 19.7 Å². The molecule has 0 heterocycles. The highest BCUT2D eigenvalue weighted by molar-refractivity contribution is 5.87. The van der Waals surface area contributed by atoms with Gasteiger partial charge in [0, 0.05) is 13.1 Å². The van der Waals surface area contributed by atoms with Crippen LogP contribution >= 0.6 is 0 Å². The van der Waals surface area contributed by atoms with Crippen molar-refractivity contribution < 1.29 is 14.6 Å². The number of carboxylic acids is 1. The first-order valence-electron chi connectivity index (χ1n) is 9.28. The van der Waals surface area contributed by atoms with Crippen LogP contribution in [0.1, 0.15) is 32.6 Å². The van der Waals surface area contributed by atoms with Crippen molar-refractivity contribution in [3.8, 4) is 5.75 Å². The Hall–Kier alpha value is -3.11. The van der Waals surface area contributed by atoms with Crippen molar-refractivity contribution in [2.24, 2.45) is 0 Å². The van der Waals surface area contributed by atoms with E-state index in [1.807, 2.05) is 36.4 Å². The lowest BCUT2D eigenvalue weighted by atomic mass is 10.1. The van der Waals surface area contributed by atoms with Gasteiger partial charge < -0.3 is 9.84 Å². The SMILES string of the molecule is Cc1cc(OCc2ccccc2)ccc1CN(C)Cc1ccc(C(=O)O)cc1. The second kappa shape index (κ2) is 9.20. The molecule has 28 heavy (non-hydrogen) atoms. The molecule has 3 aromatic carbocycles. The zero-order valence-corrected chi connectivity index (χ0v) is 16.3. The third kappa shape index (κ3) is 5.44. The van der Waals surface area contributed by atoms with E-state index in [1.165, 1.54) is 11.1 Å². The van der Waals surface area contributed by atoms with Crippen LogP contribution < -0.4 is 4.74 Å². The Balaban J connectivity index is 1.56. The number of aromatic carboxylic acids is 1. The van der Waals surface area contributed by atoms with Gasteiger partial charge >= 0.3 is 5.97 Å². The van der Waals surface area contributed by atoms with E-state index in [4.69, 9.17) is 9.84 Å². The molecule has 0 fully saturated rings. The van der Waals surface area contributed by atoms with Crippen molar-refractivity contribution in [2.45, 2.75) is 26.6 Å². The number of benzene rings is 3. The third-order valence-electron chi connectivity index (χ3n) is 4.66. The van der Waals surface area contributed by atoms with Gasteiger partial charge in [0.05, 0.1) is 5.56 Å². The number of aryl methyl sites for hydroxylation is 1. The van der Waals surface area contributed by atoms with Gasteiger partial charge in [-0.3, -0.25) is 4.90 Å². The van der Waals surface area contributed by atoms with Crippen LogP contribution in [0.2, 0.25) is 0 Å². The van der Waals surface area contributed by atoms with Crippen LogP contribution in [0, 0.1) is 6.92 Å². The summed E-state index contributed by atoms with van der Waals surface area (Å²) in [7, 11) is 2.06. The maximum Gasteiger partial charge on any atom is 0.335 e. The lowest BCUT2D eigenvalue weighted by molar-refractivity contribution is 0.0697. The van der Waals surface area contributed by atoms with E-state index in [0.717, 1.165) is 30.0 Å². The minimum absolute atomic E-state index is 0.313. The first-order chi connectivity index (χ1) is 13.5. The average Bonchev–Trinajstić information content (AvgIpc) is 2.69. The van der Waals surface area contributed by atoms with Gasteiger partial charge in [-0.25, -0.2) is 4.79 Å². The average molecular weight is 375 g/mol. The molecule has 3 rings (SSSR count). The van der Waals surface area contributed by atoms with Gasteiger partial charge in [0.2, 0.25) is 0 Å². The molecule has 0 bridgehead atoms. The number of ether oxygens (including phenoxy) is 1. The van der Waals surface area contributed by atoms with Gasteiger partial charge in [0.1, 0.15) is 12.4 Å². The molecule has 3 aromatic rings. The van der Waals surface area contributed by atoms with Gasteiger partial charge in [-0.2, -0.15) is 0 Å². The van der Waals surface area contributed by atoms with E-state index in [9.17, 15) is 4.79 Å². The fourth-order valence-corrected chi connectivity index (χ4v) is 3.09. The van der Waals surface area contributed by atoms with Crippen molar-refractivity contribution in [1.29, 1.82) is 0 Å². The highest BCUT2D eigenvalue weighted by Gasteiger charge is 2.07. The van der Waals surface area contributed by atoms with Gasteiger partial charge in [-0.05, 0) is 60.5 Å². The Kier molecular flexibility index (Phi) is 6.45. The molecule has 0 unspecified atom stereocenters. The van der Waals surface area contributed by atoms with Crippen LogP contribution in [0.25, 0.3) is 0 Å². The lowest BCUT2D eigenvalue weighted by Gasteiger charge is -2.19. The molecular weight excluding hydrogens is 350 g/mol. The molecule has 0 aliphatic heterocycles. The number of nitrogens with zero attached hydrogens (tertiary/aromatic N) is 1. The van der Waals surface area contributed by atoms with Crippen molar-refractivity contribution in [1.82, 2.24) is 4.90 Å². The van der Waals surface area contributed by atoms with Gasteiger partial charge in [-0.1, -0.05) is 48.5 Å². The summed E-state index contributed by atoms with van der Waals surface area (Å²) in [5.74, 6) is -0.0258. The van der Waals surface area contributed by atoms with E-state index in [1.54, 1.807) is 12.1 Å². The highest BCUT2D eigenvalue weighted by Crippen LogP contribution is 2.20. The molecule has 0 radical (unpaired) electrons. The zero-order valence-electron chi connectivity index (χ0n) is 16.3. The zero-order chi connectivity index (χ0) is 19.9. The molecule has 0 atom stereocenters. The normalized spacial score (nSPS) is 10.8. The fourth-order valence-electron chi connectivity index (χ4n) is 3.09. The van der Waals surface area contributed by atoms with Crippen molar-refractivity contribution >= 4 is 5.97 Å². The Morgan fingerprint density at radius 2 is 1.64 bits per heavy atom. The summed E-state index contributed by atoms with van der Waals surface area (Å²) in [5.41, 5.74) is 4.99. The summed E-state index contributed by atoms with van der Waals surface area (Å²) in [6.07, 6.45) is 0. The summed E-state index contributed by atoms with van der Waals surface area (Å²) in [4.78, 5) is 13.2. The van der Waals surface area contributed by atoms with E-state index >= 15 is 0 Å². The maximum atomic E-state index is 10.9. The number of hydrogen-bond donors (Lipinski definition) is 1. The van der Waals surface area contributed by atoms with Crippen molar-refractivity contribution in [3.05, 3.63) is 101 Å². The summed E-state index contributed by atoms with van der Waals surface area (Å²) in [6.45, 7) is 4.23. The quantitative estimate of drug-likeness (QED) is 0.608. The van der Waals surface area contributed by atoms with E-state index in [2.05, 4.69) is 43.1 Å². The maximum absolute atomic E-state index is 10.9. The predicted molar refractivity (Wildman–Crippen MR) is 111 cm³/mol. The number of hydrogen-bond acceptors (Lipinski definition) is 3. The van der Waals surface area contributed by atoms with E-state index in [0.29, 0.717) is 12.2 Å². The largest absolute Gasteiger partial charge is 0.489 e. The Morgan fingerprint density at radius 1 is 0.929 bits per heavy atom. The van der Waals surface area contributed by atoms with Gasteiger partial charge in [0.25, 0.3) is 0 Å². The molecule has 4 nitrogen and oxygen atoms in total. The predicted octanol–water partition coefficient (Wildman–Crippen LogP) is 4.90. The third-order valence-corrected chi connectivity index (χ3v) is 4.66. The first kappa shape index (κ1) is 19.6. The van der Waals surface area contributed by atoms with Crippen molar-refractivity contribution in [2.75, 3.05) is 7.05 Å². The molecule has 0 saturated carbocycles. The van der Waals surface area contributed by atoms with Gasteiger partial charge in [0.15, 0.2) is 0 Å². The minimum Gasteiger partial charge on any atom is -0.489 e. The highest BCUT2D eigenvalue weighted by atomic mass is 16.5. The van der Waals surface area contributed by atoms with Crippen LogP contribution in [0.3, 0.4) is 0 Å². The van der Waals surface area contributed by atoms with Crippen LogP contribution in [0.4, 0.5) is 0 Å². The smallest absolute Gasteiger partial charge is 0.335 e.